The third kappa shape index (κ3) is 3.36. The van der Waals surface area contributed by atoms with Crippen molar-refractivity contribution >= 4 is 11.0 Å². The Hall–Kier alpha value is -1.79. The molecule has 0 bridgehead atoms. The number of aryl methyl sites for hydroxylation is 1. The van der Waals surface area contributed by atoms with Crippen molar-refractivity contribution < 1.29 is 0 Å². The molecule has 1 aromatic heterocycles. The van der Waals surface area contributed by atoms with E-state index in [1.54, 1.807) is 0 Å². The zero-order chi connectivity index (χ0) is 13.5. The minimum absolute atomic E-state index is 0.806. The van der Waals surface area contributed by atoms with E-state index in [-0.39, 0.29) is 0 Å². The highest BCUT2D eigenvalue weighted by Crippen LogP contribution is 2.16. The third-order valence-corrected chi connectivity index (χ3v) is 3.07. The number of nitrogens with zero attached hydrogens (tertiary/aromatic N) is 2. The average molecular weight is 255 g/mol. The Bertz CT molecular complexity index is 587. The summed E-state index contributed by atoms with van der Waals surface area (Å²) in [6.07, 6.45) is 2.01. The first kappa shape index (κ1) is 13.6. The van der Waals surface area contributed by atoms with Gasteiger partial charge >= 0.3 is 0 Å². The average Bonchev–Trinajstić information content (AvgIpc) is 2.78. The highest BCUT2D eigenvalue weighted by Gasteiger charge is 2.08. The molecule has 2 aromatic rings. The van der Waals surface area contributed by atoms with Crippen LogP contribution in [0.25, 0.3) is 11.0 Å². The zero-order valence-electron chi connectivity index (χ0n) is 11.7. The normalized spacial score (nSPS) is 10.4. The molecule has 0 aliphatic carbocycles. The first-order valence-electron chi connectivity index (χ1n) is 6.91. The molecule has 0 saturated heterocycles. The quantitative estimate of drug-likeness (QED) is 0.635. The molecular formula is C16H21N3. The minimum Gasteiger partial charge on any atom is -0.327 e. The summed E-state index contributed by atoms with van der Waals surface area (Å²) in [6, 6.07) is 8.33. The van der Waals surface area contributed by atoms with Gasteiger partial charge in [0.2, 0.25) is 0 Å². The second kappa shape index (κ2) is 6.96. The van der Waals surface area contributed by atoms with E-state index in [1.807, 2.05) is 13.0 Å². The summed E-state index contributed by atoms with van der Waals surface area (Å²) < 4.78 is 2.31. The number of hydrogen-bond donors (Lipinski definition) is 1. The molecule has 100 valence electrons. The van der Waals surface area contributed by atoms with Crippen LogP contribution in [0.1, 0.15) is 32.5 Å². The topological polar surface area (TPSA) is 29.9 Å². The highest BCUT2D eigenvalue weighted by molar-refractivity contribution is 5.75. The van der Waals surface area contributed by atoms with Crippen LogP contribution < -0.4 is 5.32 Å². The number of imidazole rings is 1. The van der Waals surface area contributed by atoms with Crippen LogP contribution in [0.2, 0.25) is 0 Å². The number of rotatable bonds is 6. The van der Waals surface area contributed by atoms with E-state index in [0.717, 1.165) is 43.8 Å². The van der Waals surface area contributed by atoms with Crippen LogP contribution >= 0.6 is 0 Å². The van der Waals surface area contributed by atoms with E-state index in [9.17, 15) is 0 Å². The van der Waals surface area contributed by atoms with Crippen LogP contribution in [0.3, 0.4) is 0 Å². The molecule has 19 heavy (non-hydrogen) atoms. The zero-order valence-corrected chi connectivity index (χ0v) is 11.7. The molecule has 0 spiro atoms. The molecule has 1 aromatic carbocycles. The maximum atomic E-state index is 4.71. The molecule has 0 unspecified atom stereocenters. The van der Waals surface area contributed by atoms with Crippen LogP contribution in [0.15, 0.2) is 24.3 Å². The third-order valence-electron chi connectivity index (χ3n) is 3.07. The summed E-state index contributed by atoms with van der Waals surface area (Å²) in [7, 11) is 0. The van der Waals surface area contributed by atoms with Crippen LogP contribution in [0.4, 0.5) is 0 Å². The van der Waals surface area contributed by atoms with Crippen molar-refractivity contribution in [1.82, 2.24) is 14.9 Å². The predicted octanol–water partition coefficient (Wildman–Crippen LogP) is 2.95. The van der Waals surface area contributed by atoms with Crippen molar-refractivity contribution in [3.8, 4) is 11.8 Å². The number of aromatic nitrogens is 2. The Morgan fingerprint density at radius 2 is 2.16 bits per heavy atom. The summed E-state index contributed by atoms with van der Waals surface area (Å²) in [4.78, 5) is 4.71. The van der Waals surface area contributed by atoms with Gasteiger partial charge in [0.1, 0.15) is 5.82 Å². The van der Waals surface area contributed by atoms with Gasteiger partial charge in [-0.15, -0.1) is 11.8 Å². The Morgan fingerprint density at radius 1 is 1.32 bits per heavy atom. The summed E-state index contributed by atoms with van der Waals surface area (Å²) in [6.45, 7) is 6.81. The SMILES string of the molecule is CC#CCCNCc1nc2ccccc2n1CCC. The molecule has 0 saturated carbocycles. The molecule has 0 aliphatic rings. The van der Waals surface area contributed by atoms with Gasteiger partial charge in [-0.1, -0.05) is 19.1 Å². The van der Waals surface area contributed by atoms with Gasteiger partial charge < -0.3 is 9.88 Å². The number of nitrogens with one attached hydrogen (secondary N) is 1. The number of hydrogen-bond acceptors (Lipinski definition) is 2. The monoisotopic (exact) mass is 255 g/mol. The molecule has 3 heteroatoms. The Kier molecular flexibility index (Phi) is 5.00. The van der Waals surface area contributed by atoms with Crippen molar-refractivity contribution in [1.29, 1.82) is 0 Å². The van der Waals surface area contributed by atoms with Gasteiger partial charge in [-0.05, 0) is 25.5 Å². The largest absolute Gasteiger partial charge is 0.327 e. The molecule has 1 heterocycles. The number of benzene rings is 1. The molecule has 0 fully saturated rings. The predicted molar refractivity (Wildman–Crippen MR) is 79.8 cm³/mol. The van der Waals surface area contributed by atoms with E-state index in [0.29, 0.717) is 0 Å². The Balaban J connectivity index is 2.11. The Labute approximate surface area is 115 Å². The summed E-state index contributed by atoms with van der Waals surface area (Å²) in [5, 5.41) is 3.41. The minimum atomic E-state index is 0.806. The summed E-state index contributed by atoms with van der Waals surface area (Å²) in [5.41, 5.74) is 2.32. The van der Waals surface area contributed by atoms with Crippen molar-refractivity contribution in [2.24, 2.45) is 0 Å². The van der Waals surface area contributed by atoms with Crippen molar-refractivity contribution in [3.63, 3.8) is 0 Å². The van der Waals surface area contributed by atoms with Gasteiger partial charge in [0.15, 0.2) is 0 Å². The van der Waals surface area contributed by atoms with E-state index in [2.05, 4.69) is 46.8 Å². The molecule has 0 amide bonds. The molecular weight excluding hydrogens is 234 g/mol. The summed E-state index contributed by atoms with van der Waals surface area (Å²) >= 11 is 0. The number of para-hydroxylation sites is 2. The van der Waals surface area contributed by atoms with Gasteiger partial charge in [0.25, 0.3) is 0 Å². The number of fused-ring (bicyclic) bond motifs is 1. The van der Waals surface area contributed by atoms with Crippen molar-refractivity contribution in [3.05, 3.63) is 30.1 Å². The first-order valence-corrected chi connectivity index (χ1v) is 6.91. The maximum Gasteiger partial charge on any atom is 0.123 e. The van der Waals surface area contributed by atoms with E-state index in [4.69, 9.17) is 4.98 Å². The van der Waals surface area contributed by atoms with Gasteiger partial charge in [0.05, 0.1) is 17.6 Å². The highest BCUT2D eigenvalue weighted by atomic mass is 15.1. The van der Waals surface area contributed by atoms with Crippen molar-refractivity contribution in [2.75, 3.05) is 6.54 Å². The molecule has 0 radical (unpaired) electrons. The lowest BCUT2D eigenvalue weighted by atomic mass is 10.3. The van der Waals surface area contributed by atoms with Gasteiger partial charge in [-0.25, -0.2) is 4.98 Å². The lowest BCUT2D eigenvalue weighted by Gasteiger charge is -2.08. The van der Waals surface area contributed by atoms with Crippen LogP contribution in [-0.4, -0.2) is 16.1 Å². The smallest absolute Gasteiger partial charge is 0.123 e. The van der Waals surface area contributed by atoms with Crippen molar-refractivity contribution in [2.45, 2.75) is 39.8 Å². The fourth-order valence-electron chi connectivity index (χ4n) is 2.21. The van der Waals surface area contributed by atoms with Gasteiger partial charge in [-0.3, -0.25) is 0 Å². The van der Waals surface area contributed by atoms with Crippen LogP contribution in [0, 0.1) is 11.8 Å². The lowest BCUT2D eigenvalue weighted by Crippen LogP contribution is -2.18. The second-order valence-electron chi connectivity index (χ2n) is 4.52. The lowest BCUT2D eigenvalue weighted by molar-refractivity contribution is 0.603. The molecule has 1 N–H and O–H groups in total. The molecule has 3 nitrogen and oxygen atoms in total. The van der Waals surface area contributed by atoms with Crippen LogP contribution in [0.5, 0.6) is 0 Å². The fraction of sp³-hybridized carbons (Fsp3) is 0.438. The Morgan fingerprint density at radius 3 is 2.95 bits per heavy atom. The van der Waals surface area contributed by atoms with Gasteiger partial charge in [-0.2, -0.15) is 0 Å². The molecule has 0 aliphatic heterocycles. The standard InChI is InChI=1S/C16H21N3/c1-3-5-8-11-17-13-16-18-14-9-6-7-10-15(14)19(16)12-4-2/h6-7,9-10,17H,4,8,11-13H2,1-2H3. The first-order chi connectivity index (χ1) is 9.36. The van der Waals surface area contributed by atoms with Gasteiger partial charge in [0, 0.05) is 19.5 Å². The molecule has 2 rings (SSSR count). The van der Waals surface area contributed by atoms with Crippen LogP contribution in [-0.2, 0) is 13.1 Å². The fourth-order valence-corrected chi connectivity index (χ4v) is 2.21. The molecule has 0 atom stereocenters. The maximum absolute atomic E-state index is 4.71. The van der Waals surface area contributed by atoms with E-state index in [1.165, 1.54) is 5.52 Å². The van der Waals surface area contributed by atoms with E-state index < -0.39 is 0 Å². The summed E-state index contributed by atoms with van der Waals surface area (Å²) in [5.74, 6) is 7.09. The second-order valence-corrected chi connectivity index (χ2v) is 4.52. The van der Waals surface area contributed by atoms with E-state index >= 15 is 0 Å².